The smallest absolute Gasteiger partial charge is 0.116 e. The highest BCUT2D eigenvalue weighted by molar-refractivity contribution is 7.80. The Morgan fingerprint density at radius 2 is 1.59 bits per heavy atom. The molecule has 0 fully saturated rings. The highest BCUT2D eigenvalue weighted by atomic mass is 32.1. The summed E-state index contributed by atoms with van der Waals surface area (Å²) in [4.78, 5) is 0.954. The summed E-state index contributed by atoms with van der Waals surface area (Å²) in [7, 11) is 0. The summed E-state index contributed by atoms with van der Waals surface area (Å²) in [5.41, 5.74) is 3.16. The minimum Gasteiger partial charge on any atom is -0.508 e. The van der Waals surface area contributed by atoms with Gasteiger partial charge in [0.2, 0.25) is 0 Å². The fourth-order valence-electron chi connectivity index (χ4n) is 1.67. The third-order valence-electron chi connectivity index (χ3n) is 2.45. The van der Waals surface area contributed by atoms with Gasteiger partial charge in [0.05, 0.1) is 0 Å². The maximum Gasteiger partial charge on any atom is 0.116 e. The summed E-state index contributed by atoms with van der Waals surface area (Å²) in [6.07, 6.45) is 4.00. The zero-order valence-electron chi connectivity index (χ0n) is 9.59. The van der Waals surface area contributed by atoms with Crippen molar-refractivity contribution in [2.45, 2.75) is 11.8 Å². The lowest BCUT2D eigenvalue weighted by molar-refractivity contribution is 0.475. The Bertz CT molecular complexity index is 521. The van der Waals surface area contributed by atoms with Gasteiger partial charge >= 0.3 is 0 Å². The number of benzene rings is 2. The quantitative estimate of drug-likeness (QED) is 0.598. The Kier molecular flexibility index (Phi) is 3.55. The van der Waals surface area contributed by atoms with Crippen LogP contribution in [0.5, 0.6) is 5.75 Å². The molecule has 1 nitrogen and oxygen atoms in total. The summed E-state index contributed by atoms with van der Waals surface area (Å²) < 4.78 is 0. The Balaban J connectivity index is 2.22. The van der Waals surface area contributed by atoms with E-state index in [9.17, 15) is 5.11 Å². The summed E-state index contributed by atoms with van der Waals surface area (Å²) in [5, 5.41) is 9.48. The highest BCUT2D eigenvalue weighted by Crippen LogP contribution is 2.17. The molecule has 0 heterocycles. The fourth-order valence-corrected chi connectivity index (χ4v) is 1.82. The molecular formula is C15H14OS. The van der Waals surface area contributed by atoms with Gasteiger partial charge < -0.3 is 5.11 Å². The molecule has 0 aliphatic heterocycles. The van der Waals surface area contributed by atoms with E-state index < -0.39 is 0 Å². The van der Waals surface area contributed by atoms with Crippen LogP contribution in [0.2, 0.25) is 0 Å². The topological polar surface area (TPSA) is 20.2 Å². The van der Waals surface area contributed by atoms with E-state index in [1.807, 2.05) is 49.4 Å². The number of thiol groups is 1. The van der Waals surface area contributed by atoms with Crippen LogP contribution >= 0.6 is 12.6 Å². The molecular weight excluding hydrogens is 228 g/mol. The average Bonchev–Trinajstić information content (AvgIpc) is 2.27. The van der Waals surface area contributed by atoms with Gasteiger partial charge in [-0.1, -0.05) is 30.4 Å². The van der Waals surface area contributed by atoms with Crippen LogP contribution < -0.4 is 0 Å². The zero-order valence-corrected chi connectivity index (χ0v) is 10.5. The molecule has 2 rings (SSSR count). The SMILES string of the molecule is Cc1cc(O)cc(/C=C/c2ccc(S)cc2)c1. The number of hydrogen-bond acceptors (Lipinski definition) is 2. The molecule has 0 aromatic heterocycles. The summed E-state index contributed by atoms with van der Waals surface area (Å²) in [6.45, 7) is 1.97. The molecule has 0 aliphatic carbocycles. The first-order valence-electron chi connectivity index (χ1n) is 5.41. The molecule has 0 spiro atoms. The highest BCUT2D eigenvalue weighted by Gasteiger charge is 1.94. The normalized spacial score (nSPS) is 10.9. The van der Waals surface area contributed by atoms with Gasteiger partial charge in [-0.2, -0.15) is 0 Å². The van der Waals surface area contributed by atoms with Gasteiger partial charge in [-0.3, -0.25) is 0 Å². The maximum atomic E-state index is 9.48. The summed E-state index contributed by atoms with van der Waals surface area (Å²) in [5.74, 6) is 0.301. The monoisotopic (exact) mass is 242 g/mol. The average molecular weight is 242 g/mol. The van der Waals surface area contributed by atoms with Crippen LogP contribution in [0.4, 0.5) is 0 Å². The Morgan fingerprint density at radius 3 is 2.24 bits per heavy atom. The van der Waals surface area contributed by atoms with E-state index in [4.69, 9.17) is 0 Å². The number of rotatable bonds is 2. The molecule has 17 heavy (non-hydrogen) atoms. The van der Waals surface area contributed by atoms with Gasteiger partial charge in [-0.05, 0) is 47.9 Å². The molecule has 2 aromatic rings. The second kappa shape index (κ2) is 5.11. The van der Waals surface area contributed by atoms with E-state index in [0.717, 1.165) is 21.6 Å². The van der Waals surface area contributed by atoms with Gasteiger partial charge in [0, 0.05) is 4.90 Å². The molecule has 1 N–H and O–H groups in total. The number of phenols is 1. The van der Waals surface area contributed by atoms with Gasteiger partial charge in [-0.25, -0.2) is 0 Å². The molecule has 2 heteroatoms. The van der Waals surface area contributed by atoms with E-state index in [1.54, 1.807) is 12.1 Å². The summed E-state index contributed by atoms with van der Waals surface area (Å²) >= 11 is 4.24. The molecule has 0 saturated carbocycles. The van der Waals surface area contributed by atoms with E-state index in [2.05, 4.69) is 12.6 Å². The predicted molar refractivity (Wildman–Crippen MR) is 75.5 cm³/mol. The van der Waals surface area contributed by atoms with E-state index >= 15 is 0 Å². The van der Waals surface area contributed by atoms with Gasteiger partial charge in [0.1, 0.15) is 5.75 Å². The second-order valence-corrected chi connectivity index (χ2v) is 4.54. The molecule has 0 radical (unpaired) electrons. The second-order valence-electron chi connectivity index (χ2n) is 4.03. The summed E-state index contributed by atoms with van der Waals surface area (Å²) in [6, 6.07) is 13.4. The lowest BCUT2D eigenvalue weighted by Gasteiger charge is -1.99. The number of hydrogen-bond donors (Lipinski definition) is 2. The van der Waals surface area contributed by atoms with Crippen LogP contribution in [0.25, 0.3) is 12.2 Å². The van der Waals surface area contributed by atoms with Crippen LogP contribution in [0, 0.1) is 6.92 Å². The lowest BCUT2D eigenvalue weighted by Crippen LogP contribution is -1.77. The van der Waals surface area contributed by atoms with Crippen LogP contribution in [0.15, 0.2) is 47.4 Å². The van der Waals surface area contributed by atoms with Gasteiger partial charge in [0.15, 0.2) is 0 Å². The largest absolute Gasteiger partial charge is 0.508 e. The number of aromatic hydroxyl groups is 1. The molecule has 0 bridgehead atoms. The van der Waals surface area contributed by atoms with Crippen LogP contribution in [-0.2, 0) is 0 Å². The van der Waals surface area contributed by atoms with Crippen molar-refractivity contribution < 1.29 is 5.11 Å². The van der Waals surface area contributed by atoms with Crippen LogP contribution in [0.3, 0.4) is 0 Å². The standard InChI is InChI=1S/C15H14OS/c1-11-8-13(10-14(16)9-11)3-2-12-4-6-15(17)7-5-12/h2-10,16-17H,1H3/b3-2+. The zero-order chi connectivity index (χ0) is 12.3. The van der Waals surface area contributed by atoms with Gasteiger partial charge in [0.25, 0.3) is 0 Å². The molecule has 0 unspecified atom stereocenters. The Morgan fingerprint density at radius 1 is 0.941 bits per heavy atom. The Labute approximate surface area is 107 Å². The first-order chi connectivity index (χ1) is 8.13. The number of phenolic OH excluding ortho intramolecular Hbond substituents is 1. The van der Waals surface area contributed by atoms with E-state index in [1.165, 1.54) is 0 Å². The van der Waals surface area contributed by atoms with Crippen molar-refractivity contribution in [3.8, 4) is 5.75 Å². The van der Waals surface area contributed by atoms with Crippen molar-refractivity contribution in [1.29, 1.82) is 0 Å². The lowest BCUT2D eigenvalue weighted by atomic mass is 10.1. The first-order valence-corrected chi connectivity index (χ1v) is 5.86. The molecule has 86 valence electrons. The van der Waals surface area contributed by atoms with Crippen LogP contribution in [-0.4, -0.2) is 5.11 Å². The van der Waals surface area contributed by atoms with Crippen molar-refractivity contribution in [2.75, 3.05) is 0 Å². The molecule has 0 saturated heterocycles. The fraction of sp³-hybridized carbons (Fsp3) is 0.0667. The van der Waals surface area contributed by atoms with Crippen molar-refractivity contribution in [1.82, 2.24) is 0 Å². The predicted octanol–water partition coefficient (Wildman–Crippen LogP) is 4.16. The molecule has 0 aliphatic rings. The number of aryl methyl sites for hydroxylation is 1. The molecule has 2 aromatic carbocycles. The minimum absolute atomic E-state index is 0.301. The maximum absolute atomic E-state index is 9.48. The van der Waals surface area contributed by atoms with Crippen molar-refractivity contribution in [3.63, 3.8) is 0 Å². The Hall–Kier alpha value is -1.67. The van der Waals surface area contributed by atoms with Crippen molar-refractivity contribution >= 4 is 24.8 Å². The van der Waals surface area contributed by atoms with Crippen LogP contribution in [0.1, 0.15) is 16.7 Å². The van der Waals surface area contributed by atoms with E-state index in [0.29, 0.717) is 5.75 Å². The van der Waals surface area contributed by atoms with Gasteiger partial charge in [-0.15, -0.1) is 12.6 Å². The van der Waals surface area contributed by atoms with E-state index in [-0.39, 0.29) is 0 Å². The van der Waals surface area contributed by atoms with Crippen molar-refractivity contribution in [2.24, 2.45) is 0 Å². The minimum atomic E-state index is 0.301. The first kappa shape index (κ1) is 11.8. The van der Waals surface area contributed by atoms with Crippen molar-refractivity contribution in [3.05, 3.63) is 59.2 Å². The third kappa shape index (κ3) is 3.40. The molecule has 0 atom stereocenters. The third-order valence-corrected chi connectivity index (χ3v) is 2.74. The molecule has 0 amide bonds.